The van der Waals surface area contributed by atoms with Crippen LogP contribution in [0.5, 0.6) is 0 Å². The molecule has 2 rings (SSSR count). The van der Waals surface area contributed by atoms with Gasteiger partial charge in [0.1, 0.15) is 10.1 Å². The summed E-state index contributed by atoms with van der Waals surface area (Å²) >= 11 is 6.27. The highest BCUT2D eigenvalue weighted by atomic mass is 32.2. The Morgan fingerprint density at radius 1 is 1.39 bits per heavy atom. The Kier molecular flexibility index (Phi) is 6.05. The molecule has 1 saturated heterocycles. The van der Waals surface area contributed by atoms with Gasteiger partial charge in [-0.25, -0.2) is 9.18 Å². The molecule has 1 aromatic rings. The van der Waals surface area contributed by atoms with Crippen molar-refractivity contribution >= 4 is 46.1 Å². The summed E-state index contributed by atoms with van der Waals surface area (Å²) in [4.78, 5) is 36.1. The van der Waals surface area contributed by atoms with Crippen LogP contribution < -0.4 is 5.32 Å². The molecule has 0 unspecified atom stereocenters. The van der Waals surface area contributed by atoms with Crippen LogP contribution in [0, 0.1) is 5.82 Å². The fourth-order valence-corrected chi connectivity index (χ4v) is 2.91. The molecule has 23 heavy (non-hydrogen) atoms. The quantitative estimate of drug-likeness (QED) is 0.604. The molecule has 0 aromatic heterocycles. The Hall–Kier alpha value is -2.00. The van der Waals surface area contributed by atoms with Crippen molar-refractivity contribution in [1.82, 2.24) is 10.2 Å². The number of hydrogen-bond acceptors (Lipinski definition) is 6. The van der Waals surface area contributed by atoms with Gasteiger partial charge < -0.3 is 10.1 Å². The van der Waals surface area contributed by atoms with Gasteiger partial charge in [-0.1, -0.05) is 36.1 Å². The Morgan fingerprint density at radius 2 is 2.13 bits per heavy atom. The maximum Gasteiger partial charge on any atom is 0.341 e. The molecule has 9 heteroatoms. The lowest BCUT2D eigenvalue weighted by Crippen LogP contribution is -2.38. The third-order valence-electron chi connectivity index (χ3n) is 2.93. The van der Waals surface area contributed by atoms with Crippen LogP contribution in [-0.4, -0.2) is 52.5 Å². The largest absolute Gasteiger partial charge is 0.452 e. The predicted molar refractivity (Wildman–Crippen MR) is 86.5 cm³/mol. The van der Waals surface area contributed by atoms with Gasteiger partial charge in [0, 0.05) is 13.1 Å². The Balaban J connectivity index is 1.71. The Labute approximate surface area is 141 Å². The summed E-state index contributed by atoms with van der Waals surface area (Å²) in [5.74, 6) is -1.95. The lowest BCUT2D eigenvalue weighted by atomic mass is 10.2. The first-order chi connectivity index (χ1) is 11.0. The van der Waals surface area contributed by atoms with E-state index in [9.17, 15) is 18.8 Å². The van der Waals surface area contributed by atoms with Crippen LogP contribution in [0.1, 0.15) is 10.4 Å². The van der Waals surface area contributed by atoms with Gasteiger partial charge in [0.25, 0.3) is 5.91 Å². The third-order valence-corrected chi connectivity index (χ3v) is 4.36. The number of thiocarbonyl (C=S) groups is 1. The van der Waals surface area contributed by atoms with Crippen LogP contribution in [0.15, 0.2) is 24.3 Å². The van der Waals surface area contributed by atoms with Crippen molar-refractivity contribution < 1.29 is 23.5 Å². The molecule has 0 radical (unpaired) electrons. The monoisotopic (exact) mass is 356 g/mol. The van der Waals surface area contributed by atoms with Gasteiger partial charge in [-0.3, -0.25) is 14.5 Å². The molecule has 1 aliphatic rings. The molecule has 0 spiro atoms. The molecular weight excluding hydrogens is 343 g/mol. The molecule has 1 heterocycles. The minimum atomic E-state index is -0.912. The molecule has 1 N–H and O–H groups in total. The van der Waals surface area contributed by atoms with Crippen molar-refractivity contribution in [1.29, 1.82) is 0 Å². The van der Waals surface area contributed by atoms with E-state index in [0.29, 0.717) is 10.1 Å². The van der Waals surface area contributed by atoms with E-state index in [1.54, 1.807) is 0 Å². The molecule has 1 aromatic carbocycles. The van der Waals surface area contributed by atoms with Crippen molar-refractivity contribution in [3.05, 3.63) is 35.6 Å². The number of nitrogens with one attached hydrogen (secondary N) is 1. The van der Waals surface area contributed by atoms with Crippen molar-refractivity contribution in [3.63, 3.8) is 0 Å². The van der Waals surface area contributed by atoms with Crippen molar-refractivity contribution in [2.75, 3.05) is 25.4 Å². The zero-order valence-electron chi connectivity index (χ0n) is 11.9. The van der Waals surface area contributed by atoms with Gasteiger partial charge in [0.05, 0.1) is 11.3 Å². The number of esters is 1. The molecule has 0 atom stereocenters. The van der Waals surface area contributed by atoms with Crippen LogP contribution in [0.25, 0.3) is 0 Å². The number of nitrogens with zero attached hydrogens (tertiary/aromatic N) is 1. The summed E-state index contributed by atoms with van der Waals surface area (Å²) < 4.78 is 18.6. The minimum Gasteiger partial charge on any atom is -0.452 e. The van der Waals surface area contributed by atoms with E-state index in [1.165, 1.54) is 34.9 Å². The summed E-state index contributed by atoms with van der Waals surface area (Å²) in [6.07, 6.45) is 0. The molecule has 0 bridgehead atoms. The van der Waals surface area contributed by atoms with E-state index in [1.807, 2.05) is 0 Å². The standard InChI is InChI=1S/C14H13FN2O4S2/c15-10-4-2-1-3-9(10)13(20)21-7-11(18)16-5-6-17-12(19)8-23-14(17)22/h1-4H,5-8H2,(H,16,18). The fourth-order valence-electron chi connectivity index (χ4n) is 1.79. The minimum absolute atomic E-state index is 0.0970. The molecular formula is C14H13FN2O4S2. The van der Waals surface area contributed by atoms with Gasteiger partial charge in [0.2, 0.25) is 5.91 Å². The normalized spacial score (nSPS) is 14.0. The van der Waals surface area contributed by atoms with Crippen LogP contribution >= 0.6 is 24.0 Å². The SMILES string of the molecule is O=C(COC(=O)c1ccccc1F)NCCN1C(=O)CSC1=S. The van der Waals surface area contributed by atoms with E-state index in [2.05, 4.69) is 5.32 Å². The summed E-state index contributed by atoms with van der Waals surface area (Å²) in [6, 6.07) is 5.34. The van der Waals surface area contributed by atoms with E-state index >= 15 is 0 Å². The second-order valence-electron chi connectivity index (χ2n) is 4.51. The van der Waals surface area contributed by atoms with E-state index < -0.39 is 24.3 Å². The van der Waals surface area contributed by atoms with Gasteiger partial charge in [-0.2, -0.15) is 0 Å². The molecule has 2 amide bonds. The zero-order chi connectivity index (χ0) is 16.8. The lowest BCUT2D eigenvalue weighted by Gasteiger charge is -2.15. The summed E-state index contributed by atoms with van der Waals surface area (Å²) in [5, 5.41) is 2.50. The number of carbonyl (C=O) groups is 3. The summed E-state index contributed by atoms with van der Waals surface area (Å²) in [7, 11) is 0. The van der Waals surface area contributed by atoms with E-state index in [4.69, 9.17) is 17.0 Å². The molecule has 1 fully saturated rings. The smallest absolute Gasteiger partial charge is 0.341 e. The first-order valence-corrected chi connectivity index (χ1v) is 8.04. The average Bonchev–Trinajstić information content (AvgIpc) is 2.85. The summed E-state index contributed by atoms with van der Waals surface area (Å²) in [5.41, 5.74) is -0.231. The molecule has 0 saturated carbocycles. The fraction of sp³-hybridized carbons (Fsp3) is 0.286. The van der Waals surface area contributed by atoms with Crippen LogP contribution in [-0.2, 0) is 14.3 Å². The van der Waals surface area contributed by atoms with Crippen molar-refractivity contribution in [2.24, 2.45) is 0 Å². The maximum atomic E-state index is 13.4. The number of hydrogen-bond donors (Lipinski definition) is 1. The second-order valence-corrected chi connectivity index (χ2v) is 6.12. The first-order valence-electron chi connectivity index (χ1n) is 6.64. The van der Waals surface area contributed by atoms with Gasteiger partial charge >= 0.3 is 5.97 Å². The number of thioether (sulfide) groups is 1. The topological polar surface area (TPSA) is 75.7 Å². The highest BCUT2D eigenvalue weighted by molar-refractivity contribution is 8.23. The molecule has 0 aliphatic carbocycles. The van der Waals surface area contributed by atoms with Crippen molar-refractivity contribution in [2.45, 2.75) is 0 Å². The first kappa shape index (κ1) is 17.4. The highest BCUT2D eigenvalue weighted by Gasteiger charge is 2.26. The third kappa shape index (κ3) is 4.73. The number of amides is 2. The summed E-state index contributed by atoms with van der Waals surface area (Å²) in [6.45, 7) is -0.0828. The van der Waals surface area contributed by atoms with Gasteiger partial charge in [-0.15, -0.1) is 0 Å². The number of benzene rings is 1. The van der Waals surface area contributed by atoms with Gasteiger partial charge in [-0.05, 0) is 12.1 Å². The number of halogens is 1. The second kappa shape index (κ2) is 8.02. The number of carbonyl (C=O) groups excluding carboxylic acids is 3. The molecule has 122 valence electrons. The number of rotatable bonds is 6. The van der Waals surface area contributed by atoms with Crippen LogP contribution in [0.3, 0.4) is 0 Å². The molecule has 6 nitrogen and oxygen atoms in total. The van der Waals surface area contributed by atoms with Crippen LogP contribution in [0.2, 0.25) is 0 Å². The number of ether oxygens (including phenoxy) is 1. The molecule has 1 aliphatic heterocycles. The lowest BCUT2D eigenvalue weighted by molar-refractivity contribution is -0.126. The van der Waals surface area contributed by atoms with E-state index in [-0.39, 0.29) is 24.6 Å². The average molecular weight is 356 g/mol. The Morgan fingerprint density at radius 3 is 2.78 bits per heavy atom. The maximum absolute atomic E-state index is 13.4. The zero-order valence-corrected chi connectivity index (χ0v) is 13.5. The predicted octanol–water partition coefficient (Wildman–Crippen LogP) is 0.959. The Bertz CT molecular complexity index is 637. The van der Waals surface area contributed by atoms with Crippen LogP contribution in [0.4, 0.5) is 4.39 Å². The van der Waals surface area contributed by atoms with Gasteiger partial charge in [0.15, 0.2) is 6.61 Å². The van der Waals surface area contributed by atoms with E-state index in [0.717, 1.165) is 6.07 Å². The highest BCUT2D eigenvalue weighted by Crippen LogP contribution is 2.18. The van der Waals surface area contributed by atoms with Crippen molar-refractivity contribution in [3.8, 4) is 0 Å².